The van der Waals surface area contributed by atoms with Crippen molar-refractivity contribution in [3.8, 4) is 0 Å². The van der Waals surface area contributed by atoms with Crippen LogP contribution in [0.1, 0.15) is 31.2 Å². The Morgan fingerprint density at radius 1 is 1.13 bits per heavy atom. The number of hydrogen-bond acceptors (Lipinski definition) is 4. The van der Waals surface area contributed by atoms with E-state index >= 15 is 0 Å². The maximum absolute atomic E-state index is 12.3. The van der Waals surface area contributed by atoms with Crippen LogP contribution in [0.3, 0.4) is 0 Å². The van der Waals surface area contributed by atoms with E-state index in [4.69, 9.17) is 5.14 Å². The van der Waals surface area contributed by atoms with Crippen molar-refractivity contribution < 1.29 is 13.2 Å². The standard InChI is InChI=1S/C16H23N3O3S/c17-23(21,22)14-10-16(20)19(12-14)15-7-3-2-6-13(15)11-18-8-4-1-5-9-18/h2-3,6-7,14H,1,4-5,8-12H2,(H2,17,21,22). The molecule has 0 radical (unpaired) electrons. The Kier molecular flexibility index (Phi) is 4.70. The summed E-state index contributed by atoms with van der Waals surface area (Å²) in [7, 11) is -3.69. The molecule has 2 saturated heterocycles. The van der Waals surface area contributed by atoms with Gasteiger partial charge in [-0.15, -0.1) is 0 Å². The Bertz CT molecular complexity index is 684. The van der Waals surface area contributed by atoms with Crippen LogP contribution < -0.4 is 10.0 Å². The quantitative estimate of drug-likeness (QED) is 0.891. The number of nitrogens with zero attached hydrogens (tertiary/aromatic N) is 2. The average molecular weight is 337 g/mol. The number of amides is 1. The second kappa shape index (κ2) is 6.59. The Balaban J connectivity index is 1.81. The highest BCUT2D eigenvalue weighted by atomic mass is 32.2. The molecule has 1 atom stereocenters. The Morgan fingerprint density at radius 2 is 1.83 bits per heavy atom. The molecule has 0 saturated carbocycles. The van der Waals surface area contributed by atoms with E-state index in [0.717, 1.165) is 30.9 Å². The summed E-state index contributed by atoms with van der Waals surface area (Å²) >= 11 is 0. The van der Waals surface area contributed by atoms with E-state index in [1.165, 1.54) is 19.3 Å². The SMILES string of the molecule is NS(=O)(=O)C1CC(=O)N(c2ccccc2CN2CCCCC2)C1. The van der Waals surface area contributed by atoms with Crippen LogP contribution in [-0.2, 0) is 21.4 Å². The summed E-state index contributed by atoms with van der Waals surface area (Å²) in [4.78, 5) is 16.2. The first kappa shape index (κ1) is 16.4. The van der Waals surface area contributed by atoms with E-state index in [1.807, 2.05) is 24.3 Å². The van der Waals surface area contributed by atoms with Crippen LogP contribution in [0.2, 0.25) is 0 Å². The molecule has 2 aliphatic rings. The molecular weight excluding hydrogens is 314 g/mol. The van der Waals surface area contributed by atoms with Crippen LogP contribution in [0.15, 0.2) is 24.3 Å². The van der Waals surface area contributed by atoms with Gasteiger partial charge in [-0.05, 0) is 37.6 Å². The first-order valence-electron chi connectivity index (χ1n) is 8.07. The topological polar surface area (TPSA) is 83.7 Å². The highest BCUT2D eigenvalue weighted by Gasteiger charge is 2.37. The van der Waals surface area contributed by atoms with Gasteiger partial charge in [0.25, 0.3) is 0 Å². The van der Waals surface area contributed by atoms with Crippen LogP contribution in [0.25, 0.3) is 0 Å². The number of likely N-dealkylation sites (tertiary alicyclic amines) is 1. The monoisotopic (exact) mass is 337 g/mol. The normalized spacial score (nSPS) is 23.4. The maximum atomic E-state index is 12.3. The molecule has 1 unspecified atom stereocenters. The molecule has 7 heteroatoms. The molecule has 2 N–H and O–H groups in total. The van der Waals surface area contributed by atoms with Crippen molar-refractivity contribution in [2.45, 2.75) is 37.5 Å². The summed E-state index contributed by atoms with van der Waals surface area (Å²) in [5, 5.41) is 4.41. The second-order valence-electron chi connectivity index (χ2n) is 6.39. The van der Waals surface area contributed by atoms with Crippen molar-refractivity contribution in [2.75, 3.05) is 24.5 Å². The molecule has 23 heavy (non-hydrogen) atoms. The third-order valence-electron chi connectivity index (χ3n) is 4.68. The zero-order chi connectivity index (χ0) is 16.4. The van der Waals surface area contributed by atoms with Crippen molar-refractivity contribution in [3.05, 3.63) is 29.8 Å². The van der Waals surface area contributed by atoms with Crippen molar-refractivity contribution in [2.24, 2.45) is 5.14 Å². The number of sulfonamides is 1. The number of benzene rings is 1. The highest BCUT2D eigenvalue weighted by molar-refractivity contribution is 7.89. The number of nitrogens with two attached hydrogens (primary N) is 1. The number of primary sulfonamides is 1. The van der Waals surface area contributed by atoms with Crippen LogP contribution in [0, 0.1) is 0 Å². The van der Waals surface area contributed by atoms with Crippen LogP contribution in [0.4, 0.5) is 5.69 Å². The molecule has 126 valence electrons. The summed E-state index contributed by atoms with van der Waals surface area (Å²) in [6, 6.07) is 7.75. The molecule has 1 aromatic rings. The van der Waals surface area contributed by atoms with Gasteiger partial charge in [-0.25, -0.2) is 13.6 Å². The predicted octanol–water partition coefficient (Wildman–Crippen LogP) is 1.07. The number of carbonyl (C=O) groups excluding carboxylic acids is 1. The predicted molar refractivity (Wildman–Crippen MR) is 89.4 cm³/mol. The van der Waals surface area contributed by atoms with Gasteiger partial charge in [0.1, 0.15) is 5.25 Å². The van der Waals surface area contributed by atoms with Crippen molar-refractivity contribution >= 4 is 21.6 Å². The van der Waals surface area contributed by atoms with Gasteiger partial charge in [0.2, 0.25) is 15.9 Å². The molecule has 0 spiro atoms. The first-order valence-corrected chi connectivity index (χ1v) is 9.68. The third kappa shape index (κ3) is 3.73. The fourth-order valence-corrected chi connectivity index (χ4v) is 4.13. The maximum Gasteiger partial charge on any atom is 0.228 e. The molecule has 1 amide bonds. The fraction of sp³-hybridized carbons (Fsp3) is 0.562. The smallest absolute Gasteiger partial charge is 0.228 e. The molecule has 1 aromatic carbocycles. The number of hydrogen-bond donors (Lipinski definition) is 1. The van der Waals surface area contributed by atoms with Gasteiger partial charge in [-0.1, -0.05) is 24.6 Å². The van der Waals surface area contributed by atoms with E-state index in [2.05, 4.69) is 4.90 Å². The fourth-order valence-electron chi connectivity index (χ4n) is 3.39. The van der Waals surface area contributed by atoms with Crippen LogP contribution in [0.5, 0.6) is 0 Å². The van der Waals surface area contributed by atoms with Gasteiger partial charge in [-0.2, -0.15) is 0 Å². The van der Waals surface area contributed by atoms with Crippen LogP contribution in [-0.4, -0.2) is 44.1 Å². The largest absolute Gasteiger partial charge is 0.311 e. The molecule has 0 bridgehead atoms. The lowest BCUT2D eigenvalue weighted by molar-refractivity contribution is -0.117. The van der Waals surface area contributed by atoms with E-state index in [9.17, 15) is 13.2 Å². The second-order valence-corrected chi connectivity index (χ2v) is 8.23. The van der Waals surface area contributed by atoms with Crippen molar-refractivity contribution in [1.82, 2.24) is 4.90 Å². The van der Waals surface area contributed by atoms with E-state index in [-0.39, 0.29) is 18.9 Å². The minimum atomic E-state index is -3.69. The lowest BCUT2D eigenvalue weighted by atomic mass is 10.1. The first-order chi connectivity index (χ1) is 10.9. The molecule has 0 aromatic heterocycles. The average Bonchev–Trinajstić information content (AvgIpc) is 2.91. The van der Waals surface area contributed by atoms with Gasteiger partial charge in [0.15, 0.2) is 0 Å². The molecule has 2 heterocycles. The molecular formula is C16H23N3O3S. The lowest BCUT2D eigenvalue weighted by Crippen LogP contribution is -2.33. The summed E-state index contributed by atoms with van der Waals surface area (Å²) in [6.45, 7) is 3.08. The Hall–Kier alpha value is -1.44. The number of piperidine rings is 1. The van der Waals surface area contributed by atoms with Gasteiger partial charge in [0.05, 0.1) is 0 Å². The number of anilines is 1. The van der Waals surface area contributed by atoms with Gasteiger partial charge in [0, 0.05) is 25.2 Å². The van der Waals surface area contributed by atoms with Crippen LogP contribution >= 0.6 is 0 Å². The van der Waals surface area contributed by atoms with Crippen molar-refractivity contribution in [3.63, 3.8) is 0 Å². The Morgan fingerprint density at radius 3 is 2.48 bits per heavy atom. The minimum absolute atomic E-state index is 0.0309. The Labute approximate surface area is 137 Å². The zero-order valence-electron chi connectivity index (χ0n) is 13.1. The van der Waals surface area contributed by atoms with E-state index in [0.29, 0.717) is 0 Å². The number of rotatable bonds is 4. The van der Waals surface area contributed by atoms with Gasteiger partial charge < -0.3 is 4.90 Å². The molecule has 2 aliphatic heterocycles. The molecule has 3 rings (SSSR count). The summed E-state index contributed by atoms with van der Waals surface area (Å²) in [6.07, 6.45) is 3.66. The summed E-state index contributed by atoms with van der Waals surface area (Å²) in [5.41, 5.74) is 1.88. The highest BCUT2D eigenvalue weighted by Crippen LogP contribution is 2.28. The third-order valence-corrected chi connectivity index (χ3v) is 5.92. The van der Waals surface area contributed by atoms with Gasteiger partial charge in [-0.3, -0.25) is 9.69 Å². The minimum Gasteiger partial charge on any atom is -0.311 e. The molecule has 6 nitrogen and oxygen atoms in total. The number of para-hydroxylation sites is 1. The van der Waals surface area contributed by atoms with Gasteiger partial charge >= 0.3 is 0 Å². The molecule has 0 aliphatic carbocycles. The lowest BCUT2D eigenvalue weighted by Gasteiger charge is -2.28. The summed E-state index contributed by atoms with van der Waals surface area (Å²) < 4.78 is 23.1. The zero-order valence-corrected chi connectivity index (χ0v) is 14.0. The van der Waals surface area contributed by atoms with E-state index in [1.54, 1.807) is 4.90 Å². The van der Waals surface area contributed by atoms with E-state index < -0.39 is 15.3 Å². The number of carbonyl (C=O) groups is 1. The molecule has 2 fully saturated rings. The summed E-state index contributed by atoms with van der Waals surface area (Å²) in [5.74, 6) is -0.171. The van der Waals surface area contributed by atoms with Crippen molar-refractivity contribution in [1.29, 1.82) is 0 Å².